The highest BCUT2D eigenvalue weighted by Crippen LogP contribution is 2.18. The average Bonchev–Trinajstić information content (AvgIpc) is 2.59. The molecule has 0 saturated heterocycles. The minimum Gasteiger partial charge on any atom is -0.497 e. The third-order valence-electron chi connectivity index (χ3n) is 3.37. The summed E-state index contributed by atoms with van der Waals surface area (Å²) < 4.78 is 10.6. The molecule has 0 spiro atoms. The van der Waals surface area contributed by atoms with Gasteiger partial charge in [-0.05, 0) is 36.2 Å². The second-order valence-electron chi connectivity index (χ2n) is 4.90. The van der Waals surface area contributed by atoms with Crippen molar-refractivity contribution in [2.75, 3.05) is 13.7 Å². The van der Waals surface area contributed by atoms with Crippen molar-refractivity contribution < 1.29 is 14.3 Å². The maximum Gasteiger partial charge on any atom is 0.258 e. The Kier molecular flexibility index (Phi) is 5.83. The van der Waals surface area contributed by atoms with E-state index in [0.29, 0.717) is 5.75 Å². The van der Waals surface area contributed by atoms with Gasteiger partial charge < -0.3 is 14.8 Å². The molecule has 4 heteroatoms. The topological polar surface area (TPSA) is 47.6 Å². The van der Waals surface area contributed by atoms with Gasteiger partial charge in [-0.25, -0.2) is 0 Å². The van der Waals surface area contributed by atoms with E-state index >= 15 is 0 Å². The predicted molar refractivity (Wildman–Crippen MR) is 86.1 cm³/mol. The number of ether oxygens (including phenoxy) is 2. The van der Waals surface area contributed by atoms with Crippen LogP contribution in [0.1, 0.15) is 24.9 Å². The van der Waals surface area contributed by atoms with Crippen molar-refractivity contribution >= 4 is 5.91 Å². The van der Waals surface area contributed by atoms with E-state index in [2.05, 4.69) is 5.32 Å². The molecule has 0 aliphatic carbocycles. The number of hydrogen-bond acceptors (Lipinski definition) is 3. The first-order valence-electron chi connectivity index (χ1n) is 7.34. The molecule has 2 aromatic carbocycles. The fourth-order valence-corrected chi connectivity index (χ4v) is 2.16. The Morgan fingerprint density at radius 2 is 1.68 bits per heavy atom. The Morgan fingerprint density at radius 1 is 1.05 bits per heavy atom. The molecular weight excluding hydrogens is 278 g/mol. The lowest BCUT2D eigenvalue weighted by atomic mass is 10.0. The molecular formula is C18H21NO3. The molecule has 1 amide bonds. The van der Waals surface area contributed by atoms with Gasteiger partial charge in [0, 0.05) is 0 Å². The van der Waals surface area contributed by atoms with Crippen LogP contribution in [0.3, 0.4) is 0 Å². The molecule has 2 aromatic rings. The molecule has 2 rings (SSSR count). The number of carbonyl (C=O) groups excluding carboxylic acids is 1. The normalized spacial score (nSPS) is 11.5. The van der Waals surface area contributed by atoms with E-state index in [-0.39, 0.29) is 18.6 Å². The van der Waals surface area contributed by atoms with Gasteiger partial charge in [-0.15, -0.1) is 0 Å². The molecule has 1 N–H and O–H groups in total. The van der Waals surface area contributed by atoms with E-state index in [0.717, 1.165) is 17.7 Å². The van der Waals surface area contributed by atoms with Crippen molar-refractivity contribution in [3.63, 3.8) is 0 Å². The first kappa shape index (κ1) is 15.9. The third kappa shape index (κ3) is 4.52. The van der Waals surface area contributed by atoms with E-state index in [4.69, 9.17) is 9.47 Å². The Labute approximate surface area is 131 Å². The fraction of sp³-hybridized carbons (Fsp3) is 0.278. The van der Waals surface area contributed by atoms with Crippen LogP contribution in [0.5, 0.6) is 11.5 Å². The summed E-state index contributed by atoms with van der Waals surface area (Å²) in [6.07, 6.45) is 0.832. The number of rotatable bonds is 7. The summed E-state index contributed by atoms with van der Waals surface area (Å²) >= 11 is 0. The van der Waals surface area contributed by atoms with Gasteiger partial charge in [-0.3, -0.25) is 4.79 Å². The highest BCUT2D eigenvalue weighted by molar-refractivity contribution is 5.78. The summed E-state index contributed by atoms with van der Waals surface area (Å²) in [5.41, 5.74) is 1.10. The van der Waals surface area contributed by atoms with Crippen molar-refractivity contribution in [2.24, 2.45) is 0 Å². The lowest BCUT2D eigenvalue weighted by Gasteiger charge is -2.17. The van der Waals surface area contributed by atoms with Gasteiger partial charge in [0.25, 0.3) is 5.91 Å². The van der Waals surface area contributed by atoms with E-state index < -0.39 is 0 Å². The van der Waals surface area contributed by atoms with Gasteiger partial charge in [0.15, 0.2) is 6.61 Å². The molecule has 1 atom stereocenters. The maximum absolute atomic E-state index is 12.0. The summed E-state index contributed by atoms with van der Waals surface area (Å²) in [6.45, 7) is 2.04. The van der Waals surface area contributed by atoms with Crippen molar-refractivity contribution in [3.05, 3.63) is 60.2 Å². The molecule has 0 bridgehead atoms. The quantitative estimate of drug-likeness (QED) is 0.853. The molecule has 116 valence electrons. The van der Waals surface area contributed by atoms with Crippen molar-refractivity contribution in [3.8, 4) is 11.5 Å². The molecule has 22 heavy (non-hydrogen) atoms. The van der Waals surface area contributed by atoms with Crippen LogP contribution < -0.4 is 14.8 Å². The summed E-state index contributed by atoms with van der Waals surface area (Å²) in [6, 6.07) is 17.1. The monoisotopic (exact) mass is 299 g/mol. The standard InChI is InChI=1S/C18H21NO3/c1-3-17(14-7-5-4-6-8-14)19-18(20)13-22-16-11-9-15(21-2)10-12-16/h4-12,17H,3,13H2,1-2H3,(H,19,20)/t17-/m0/s1. The number of benzene rings is 2. The summed E-state index contributed by atoms with van der Waals surface area (Å²) in [4.78, 5) is 12.0. The summed E-state index contributed by atoms with van der Waals surface area (Å²) in [5, 5.41) is 2.99. The summed E-state index contributed by atoms with van der Waals surface area (Å²) in [7, 11) is 1.61. The zero-order chi connectivity index (χ0) is 15.8. The van der Waals surface area contributed by atoms with E-state index in [9.17, 15) is 4.79 Å². The Balaban J connectivity index is 1.86. The minimum absolute atomic E-state index is 0.00430. The van der Waals surface area contributed by atoms with Crippen LogP contribution in [0.2, 0.25) is 0 Å². The van der Waals surface area contributed by atoms with E-state index in [1.807, 2.05) is 37.3 Å². The summed E-state index contributed by atoms with van der Waals surface area (Å²) in [5.74, 6) is 1.27. The molecule has 0 fully saturated rings. The number of nitrogens with one attached hydrogen (secondary N) is 1. The van der Waals surface area contributed by atoms with Crippen LogP contribution in [0.15, 0.2) is 54.6 Å². The van der Waals surface area contributed by atoms with Gasteiger partial charge in [0.05, 0.1) is 13.2 Å². The van der Waals surface area contributed by atoms with Gasteiger partial charge in [-0.2, -0.15) is 0 Å². The van der Waals surface area contributed by atoms with Crippen molar-refractivity contribution in [2.45, 2.75) is 19.4 Å². The van der Waals surface area contributed by atoms with Gasteiger partial charge >= 0.3 is 0 Å². The van der Waals surface area contributed by atoms with Crippen LogP contribution in [-0.4, -0.2) is 19.6 Å². The fourth-order valence-electron chi connectivity index (χ4n) is 2.16. The molecule has 0 aliphatic rings. The lowest BCUT2D eigenvalue weighted by molar-refractivity contribution is -0.123. The second kappa shape index (κ2) is 8.08. The van der Waals surface area contributed by atoms with Crippen LogP contribution in [0.4, 0.5) is 0 Å². The zero-order valence-corrected chi connectivity index (χ0v) is 12.9. The Hall–Kier alpha value is -2.49. The Morgan fingerprint density at radius 3 is 2.27 bits per heavy atom. The molecule has 4 nitrogen and oxygen atoms in total. The van der Waals surface area contributed by atoms with Gasteiger partial charge in [0.2, 0.25) is 0 Å². The van der Waals surface area contributed by atoms with E-state index in [1.54, 1.807) is 31.4 Å². The van der Waals surface area contributed by atoms with Gasteiger partial charge in [0.1, 0.15) is 11.5 Å². The maximum atomic E-state index is 12.0. The molecule has 0 unspecified atom stereocenters. The molecule has 0 aliphatic heterocycles. The number of hydrogen-bond donors (Lipinski definition) is 1. The highest BCUT2D eigenvalue weighted by atomic mass is 16.5. The number of carbonyl (C=O) groups is 1. The molecule has 0 heterocycles. The van der Waals surface area contributed by atoms with Crippen LogP contribution in [0.25, 0.3) is 0 Å². The number of methoxy groups -OCH3 is 1. The zero-order valence-electron chi connectivity index (χ0n) is 12.9. The van der Waals surface area contributed by atoms with Crippen molar-refractivity contribution in [1.82, 2.24) is 5.32 Å². The average molecular weight is 299 g/mol. The van der Waals surface area contributed by atoms with Crippen LogP contribution >= 0.6 is 0 Å². The van der Waals surface area contributed by atoms with E-state index in [1.165, 1.54) is 0 Å². The molecule has 0 aromatic heterocycles. The molecule has 0 radical (unpaired) electrons. The van der Waals surface area contributed by atoms with Crippen molar-refractivity contribution in [1.29, 1.82) is 0 Å². The Bertz CT molecular complexity index is 581. The first-order valence-corrected chi connectivity index (χ1v) is 7.34. The predicted octanol–water partition coefficient (Wildman–Crippen LogP) is 3.34. The number of amides is 1. The lowest BCUT2D eigenvalue weighted by Crippen LogP contribution is -2.32. The van der Waals surface area contributed by atoms with Crippen LogP contribution in [0, 0.1) is 0 Å². The largest absolute Gasteiger partial charge is 0.497 e. The van der Waals surface area contributed by atoms with Gasteiger partial charge in [-0.1, -0.05) is 37.3 Å². The first-order chi connectivity index (χ1) is 10.7. The third-order valence-corrected chi connectivity index (χ3v) is 3.37. The SMILES string of the molecule is CC[C@H](NC(=O)COc1ccc(OC)cc1)c1ccccc1. The van der Waals surface area contributed by atoms with Crippen LogP contribution in [-0.2, 0) is 4.79 Å². The highest BCUT2D eigenvalue weighted by Gasteiger charge is 2.12. The molecule has 0 saturated carbocycles. The smallest absolute Gasteiger partial charge is 0.258 e. The second-order valence-corrected chi connectivity index (χ2v) is 4.90. The minimum atomic E-state index is -0.133.